The van der Waals surface area contributed by atoms with Gasteiger partial charge in [0.2, 0.25) is 6.10 Å². The lowest BCUT2D eigenvalue weighted by atomic mass is 10.0. The Balaban J connectivity index is 1.29. The predicted molar refractivity (Wildman–Crippen MR) is 151 cm³/mol. The highest BCUT2D eigenvalue weighted by Crippen LogP contribution is 2.42. The van der Waals surface area contributed by atoms with Crippen LogP contribution >= 0.6 is 34.9 Å². The first-order valence-corrected chi connectivity index (χ1v) is 14.9. The smallest absolute Gasteiger partial charge is 0.352 e. The summed E-state index contributed by atoms with van der Waals surface area (Å²) < 4.78 is 6.22. The Morgan fingerprint density at radius 3 is 2.55 bits per heavy atom. The number of nitrogens with zero attached hydrogens (tertiary/aromatic N) is 3. The molecule has 0 aliphatic carbocycles. The van der Waals surface area contributed by atoms with Gasteiger partial charge in [-0.05, 0) is 17.2 Å². The summed E-state index contributed by atoms with van der Waals surface area (Å²) in [5.74, 6) is -2.43. The normalized spacial score (nSPS) is 19.1. The van der Waals surface area contributed by atoms with E-state index >= 15 is 0 Å². The number of rotatable bonds is 10. The number of benzene rings is 2. The number of esters is 1. The number of carboxylic acids is 1. The van der Waals surface area contributed by atoms with E-state index < -0.39 is 41.3 Å². The molecule has 2 unspecified atom stereocenters. The van der Waals surface area contributed by atoms with Crippen LogP contribution in [0.15, 0.2) is 87.9 Å². The van der Waals surface area contributed by atoms with Crippen molar-refractivity contribution in [1.29, 1.82) is 0 Å². The molecule has 2 amide bonds. The third kappa shape index (κ3) is 6.11. The molecule has 2 aliphatic rings. The van der Waals surface area contributed by atoms with Gasteiger partial charge in [0, 0.05) is 23.1 Å². The predicted octanol–water partition coefficient (Wildman–Crippen LogP) is 3.37. The number of amides is 2. The number of carbonyl (C=O) groups excluding carboxylic acids is 3. The molecule has 13 heteroatoms. The van der Waals surface area contributed by atoms with E-state index in [1.807, 2.05) is 30.3 Å². The van der Waals surface area contributed by atoms with Crippen LogP contribution in [0.2, 0.25) is 0 Å². The zero-order valence-corrected chi connectivity index (χ0v) is 23.2. The monoisotopic (exact) mass is 594 g/mol. The molecule has 0 saturated carbocycles. The number of aromatic nitrogens is 2. The average Bonchev–Trinajstić information content (AvgIpc) is 3.50. The minimum atomic E-state index is -1.31. The topological polar surface area (TPSA) is 139 Å². The van der Waals surface area contributed by atoms with Crippen LogP contribution in [0.3, 0.4) is 0 Å². The second-order valence-corrected chi connectivity index (χ2v) is 11.8. The maximum absolute atomic E-state index is 13.4. The Hall–Kier alpha value is -3.94. The summed E-state index contributed by atoms with van der Waals surface area (Å²) >= 11 is 4.06. The van der Waals surface area contributed by atoms with Crippen LogP contribution in [-0.2, 0) is 23.9 Å². The van der Waals surface area contributed by atoms with Crippen LogP contribution in [0.4, 0.5) is 0 Å². The van der Waals surface area contributed by atoms with Gasteiger partial charge in [0.1, 0.15) is 22.6 Å². The molecule has 1 saturated heterocycles. The largest absolute Gasteiger partial charge is 0.477 e. The summed E-state index contributed by atoms with van der Waals surface area (Å²) in [5.41, 5.74) is 3.33. The van der Waals surface area contributed by atoms with E-state index in [9.17, 15) is 24.3 Å². The quantitative estimate of drug-likeness (QED) is 0.155. The Bertz CT molecular complexity index is 1460. The zero-order chi connectivity index (χ0) is 28.1. The SMILES string of the molecule is O=C(/C=C/c1ccccc1)OC(C(=O)NC1C(=O)N2C(C(=O)O)=C(CSc3nncs3)CS[C@H]12)c1ccccc1. The second-order valence-electron chi connectivity index (χ2n) is 8.62. The van der Waals surface area contributed by atoms with Gasteiger partial charge >= 0.3 is 11.9 Å². The van der Waals surface area contributed by atoms with Crippen molar-refractivity contribution < 1.29 is 29.0 Å². The molecule has 3 atom stereocenters. The summed E-state index contributed by atoms with van der Waals surface area (Å²) in [6.45, 7) is 0. The lowest BCUT2D eigenvalue weighted by Gasteiger charge is -2.49. The van der Waals surface area contributed by atoms with Crippen molar-refractivity contribution in [3.05, 3.63) is 94.6 Å². The number of carboxylic acid groups (broad SMARTS) is 1. The molecule has 1 aromatic heterocycles. The Morgan fingerprint density at radius 1 is 1.15 bits per heavy atom. The van der Waals surface area contributed by atoms with Gasteiger partial charge in [-0.2, -0.15) is 0 Å². The molecular formula is C27H22N4O6S3. The van der Waals surface area contributed by atoms with Gasteiger partial charge in [0.05, 0.1) is 0 Å². The van der Waals surface area contributed by atoms with Crippen molar-refractivity contribution in [2.24, 2.45) is 0 Å². The molecule has 3 heterocycles. The maximum atomic E-state index is 13.4. The molecular weight excluding hydrogens is 573 g/mol. The van der Waals surface area contributed by atoms with Crippen LogP contribution in [0, 0.1) is 0 Å². The third-order valence-corrected chi connectivity index (χ3v) is 9.33. The first kappa shape index (κ1) is 27.6. The van der Waals surface area contributed by atoms with E-state index in [0.29, 0.717) is 27.0 Å². The first-order chi connectivity index (χ1) is 19.4. The Kier molecular flexibility index (Phi) is 8.63. The van der Waals surface area contributed by atoms with Crippen LogP contribution in [0.1, 0.15) is 17.2 Å². The van der Waals surface area contributed by atoms with Gasteiger partial charge in [0.15, 0.2) is 4.34 Å². The van der Waals surface area contributed by atoms with Gasteiger partial charge in [-0.15, -0.1) is 22.0 Å². The van der Waals surface area contributed by atoms with Gasteiger partial charge in [-0.25, -0.2) is 9.59 Å². The number of carbonyl (C=O) groups is 4. The molecule has 2 aromatic carbocycles. The number of hydrogen-bond donors (Lipinski definition) is 2. The number of ether oxygens (including phenoxy) is 1. The number of nitrogens with one attached hydrogen (secondary N) is 1. The zero-order valence-electron chi connectivity index (χ0n) is 20.7. The van der Waals surface area contributed by atoms with Gasteiger partial charge < -0.3 is 15.2 Å². The molecule has 0 bridgehead atoms. The summed E-state index contributed by atoms with van der Waals surface area (Å²) in [7, 11) is 0. The van der Waals surface area contributed by atoms with Crippen LogP contribution in [0.25, 0.3) is 6.08 Å². The third-order valence-electron chi connectivity index (χ3n) is 6.04. The van der Waals surface area contributed by atoms with Gasteiger partial charge in [-0.1, -0.05) is 83.8 Å². The minimum Gasteiger partial charge on any atom is -0.477 e. The van der Waals surface area contributed by atoms with E-state index in [1.165, 1.54) is 45.8 Å². The van der Waals surface area contributed by atoms with E-state index in [4.69, 9.17) is 4.74 Å². The number of β-lactam (4-membered cyclic amide) rings is 1. The molecule has 3 aromatic rings. The summed E-state index contributed by atoms with van der Waals surface area (Å²) in [5, 5.41) is 19.7. The van der Waals surface area contributed by atoms with Crippen molar-refractivity contribution >= 4 is 64.7 Å². The molecule has 0 radical (unpaired) electrons. The van der Waals surface area contributed by atoms with Crippen molar-refractivity contribution in [2.75, 3.05) is 11.5 Å². The fraction of sp³-hybridized carbons (Fsp3) is 0.185. The second kappa shape index (κ2) is 12.5. The first-order valence-electron chi connectivity index (χ1n) is 12.0. The van der Waals surface area contributed by atoms with Crippen LogP contribution in [0.5, 0.6) is 0 Å². The Morgan fingerprint density at radius 2 is 1.88 bits per heavy atom. The number of aliphatic carboxylic acids is 1. The van der Waals surface area contributed by atoms with Crippen LogP contribution in [-0.4, -0.2) is 66.9 Å². The van der Waals surface area contributed by atoms with Crippen LogP contribution < -0.4 is 5.32 Å². The van der Waals surface area contributed by atoms with Gasteiger partial charge in [0.25, 0.3) is 11.8 Å². The van der Waals surface area contributed by atoms with E-state index in [2.05, 4.69) is 15.5 Å². The molecule has 40 heavy (non-hydrogen) atoms. The number of hydrogen-bond acceptors (Lipinski definition) is 10. The lowest BCUT2D eigenvalue weighted by Crippen LogP contribution is -2.71. The minimum absolute atomic E-state index is 0.0756. The molecule has 204 valence electrons. The number of thioether (sulfide) groups is 2. The molecule has 5 rings (SSSR count). The highest BCUT2D eigenvalue weighted by atomic mass is 32.2. The summed E-state index contributed by atoms with van der Waals surface area (Å²) in [6, 6.07) is 16.7. The number of fused-ring (bicyclic) bond motifs is 1. The van der Waals surface area contributed by atoms with E-state index in [0.717, 1.165) is 5.56 Å². The average molecular weight is 595 g/mol. The highest BCUT2D eigenvalue weighted by Gasteiger charge is 2.54. The summed E-state index contributed by atoms with van der Waals surface area (Å²) in [6.07, 6.45) is 1.50. The molecule has 2 aliphatic heterocycles. The molecule has 0 spiro atoms. The highest BCUT2D eigenvalue weighted by molar-refractivity contribution is 8.01. The van der Waals surface area contributed by atoms with E-state index in [-0.39, 0.29) is 5.70 Å². The lowest BCUT2D eigenvalue weighted by molar-refractivity contribution is -0.156. The molecule has 10 nitrogen and oxygen atoms in total. The summed E-state index contributed by atoms with van der Waals surface area (Å²) in [4.78, 5) is 52.4. The maximum Gasteiger partial charge on any atom is 0.352 e. The molecule has 2 N–H and O–H groups in total. The van der Waals surface area contributed by atoms with E-state index in [1.54, 1.807) is 41.9 Å². The van der Waals surface area contributed by atoms with Crippen molar-refractivity contribution in [2.45, 2.75) is 21.9 Å². The van der Waals surface area contributed by atoms with Crippen molar-refractivity contribution in [1.82, 2.24) is 20.4 Å². The fourth-order valence-electron chi connectivity index (χ4n) is 4.18. The Labute approximate surface area is 241 Å². The van der Waals surface area contributed by atoms with Crippen molar-refractivity contribution in [3.63, 3.8) is 0 Å². The fourth-order valence-corrected chi connectivity index (χ4v) is 7.16. The van der Waals surface area contributed by atoms with Crippen molar-refractivity contribution in [3.8, 4) is 0 Å². The molecule has 1 fully saturated rings. The van der Waals surface area contributed by atoms with Gasteiger partial charge in [-0.3, -0.25) is 14.5 Å². The standard InChI is InChI=1S/C27H22N4O6S3/c32-19(12-11-16-7-3-1-4-8-16)37-22(17-9-5-2-6-10-17)23(33)29-20-24(34)31-21(26(35)36)18(13-38-25(20)31)14-39-27-30-28-15-40-27/h1-12,15,20,22,25H,13-14H2,(H,29,33)(H,35,36)/b12-11+/t20?,22?,25-/m1/s1.